The number of aliphatic hydroxyl groups excluding tert-OH is 3. The highest BCUT2D eigenvalue weighted by atomic mass is 16.7. The topological polar surface area (TPSA) is 107 Å². The maximum atomic E-state index is 10.2. The first-order chi connectivity index (χ1) is 5.55. The van der Waals surface area contributed by atoms with Gasteiger partial charge in [-0.25, -0.2) is 0 Å². The fourth-order valence-corrected chi connectivity index (χ4v) is 1.06. The molecule has 12 heavy (non-hydrogen) atoms. The molecule has 0 aromatic rings. The SMILES string of the molecule is O=C[C@H]1O[C@@](O)(CO)[C@@H](O)[C@@H]1O. The Hall–Kier alpha value is -0.530. The monoisotopic (exact) mass is 178 g/mol. The highest BCUT2D eigenvalue weighted by Crippen LogP contribution is 2.27. The van der Waals surface area contributed by atoms with E-state index in [1.165, 1.54) is 0 Å². The summed E-state index contributed by atoms with van der Waals surface area (Å²) < 4.78 is 4.51. The van der Waals surface area contributed by atoms with Gasteiger partial charge in [-0.15, -0.1) is 0 Å². The van der Waals surface area contributed by atoms with Gasteiger partial charge in [0, 0.05) is 0 Å². The lowest BCUT2D eigenvalue weighted by atomic mass is 10.1. The van der Waals surface area contributed by atoms with Crippen LogP contribution < -0.4 is 0 Å². The number of carbonyl (C=O) groups is 1. The van der Waals surface area contributed by atoms with Crippen LogP contribution in [0.5, 0.6) is 0 Å². The van der Waals surface area contributed by atoms with Crippen LogP contribution in [0.1, 0.15) is 0 Å². The van der Waals surface area contributed by atoms with Crippen LogP contribution in [0.2, 0.25) is 0 Å². The van der Waals surface area contributed by atoms with E-state index in [9.17, 15) is 9.90 Å². The highest BCUT2D eigenvalue weighted by Gasteiger charge is 2.52. The van der Waals surface area contributed by atoms with Crippen molar-refractivity contribution in [3.63, 3.8) is 0 Å². The van der Waals surface area contributed by atoms with Crippen molar-refractivity contribution in [2.75, 3.05) is 6.61 Å². The smallest absolute Gasteiger partial charge is 0.219 e. The fraction of sp³-hybridized carbons (Fsp3) is 0.833. The first kappa shape index (κ1) is 9.56. The van der Waals surface area contributed by atoms with Gasteiger partial charge in [0.2, 0.25) is 5.79 Å². The Kier molecular flexibility index (Phi) is 2.45. The van der Waals surface area contributed by atoms with Crippen molar-refractivity contribution in [2.45, 2.75) is 24.1 Å². The van der Waals surface area contributed by atoms with Crippen molar-refractivity contribution in [1.82, 2.24) is 0 Å². The third kappa shape index (κ3) is 1.23. The molecule has 6 nitrogen and oxygen atoms in total. The summed E-state index contributed by atoms with van der Waals surface area (Å²) in [4.78, 5) is 10.2. The van der Waals surface area contributed by atoms with E-state index in [1.807, 2.05) is 0 Å². The van der Waals surface area contributed by atoms with Gasteiger partial charge < -0.3 is 30.0 Å². The van der Waals surface area contributed by atoms with Crippen molar-refractivity contribution in [2.24, 2.45) is 0 Å². The third-order valence-corrected chi connectivity index (χ3v) is 1.82. The molecule has 0 saturated carbocycles. The zero-order valence-electron chi connectivity index (χ0n) is 6.12. The van der Waals surface area contributed by atoms with Crippen molar-refractivity contribution in [3.05, 3.63) is 0 Å². The molecule has 1 fully saturated rings. The maximum Gasteiger partial charge on any atom is 0.219 e. The standard InChI is InChI=1S/C6H10O6/c7-1-3-4(9)5(10)6(11,2-8)12-3/h1,3-5,8-11H,2H2/t3-,4-,5+,6+/m1/s1. The van der Waals surface area contributed by atoms with Crippen LogP contribution in [-0.4, -0.2) is 57.4 Å². The predicted octanol–water partition coefficient (Wildman–Crippen LogP) is -3.01. The lowest BCUT2D eigenvalue weighted by Gasteiger charge is -2.22. The normalized spacial score (nSPS) is 47.8. The first-order valence-electron chi connectivity index (χ1n) is 3.37. The molecule has 0 aliphatic carbocycles. The molecule has 0 radical (unpaired) electrons. The summed E-state index contributed by atoms with van der Waals surface area (Å²) in [6.45, 7) is -0.879. The molecule has 4 atom stereocenters. The van der Waals surface area contributed by atoms with Crippen molar-refractivity contribution >= 4 is 6.29 Å². The largest absolute Gasteiger partial charge is 0.391 e. The molecular formula is C6H10O6. The minimum absolute atomic E-state index is 0.252. The van der Waals surface area contributed by atoms with Gasteiger partial charge in [-0.05, 0) is 0 Å². The molecule has 0 unspecified atom stereocenters. The Morgan fingerprint density at radius 3 is 2.33 bits per heavy atom. The van der Waals surface area contributed by atoms with Gasteiger partial charge in [-0.2, -0.15) is 0 Å². The predicted molar refractivity (Wildman–Crippen MR) is 35.0 cm³/mol. The summed E-state index contributed by atoms with van der Waals surface area (Å²) in [7, 11) is 0. The van der Waals surface area contributed by atoms with E-state index in [4.69, 9.17) is 15.3 Å². The first-order valence-corrected chi connectivity index (χ1v) is 3.37. The molecule has 4 N–H and O–H groups in total. The molecule has 6 heteroatoms. The number of ether oxygens (including phenoxy) is 1. The van der Waals surface area contributed by atoms with Crippen LogP contribution in [0.4, 0.5) is 0 Å². The molecule has 1 aliphatic heterocycles. The number of hydrogen-bond donors (Lipinski definition) is 4. The molecule has 1 heterocycles. The number of carbonyl (C=O) groups excluding carboxylic acids is 1. The Bertz CT molecular complexity index is 183. The van der Waals surface area contributed by atoms with Gasteiger partial charge in [-0.1, -0.05) is 0 Å². The summed E-state index contributed by atoms with van der Waals surface area (Å²) in [6.07, 6.45) is -4.21. The van der Waals surface area contributed by atoms with Crippen LogP contribution >= 0.6 is 0 Å². The Balaban J connectivity index is 2.79. The van der Waals surface area contributed by atoms with Gasteiger partial charge in [0.25, 0.3) is 0 Å². The van der Waals surface area contributed by atoms with E-state index in [-0.39, 0.29) is 6.29 Å². The highest BCUT2D eigenvalue weighted by molar-refractivity contribution is 5.58. The molecular weight excluding hydrogens is 168 g/mol. The third-order valence-electron chi connectivity index (χ3n) is 1.82. The van der Waals surface area contributed by atoms with Gasteiger partial charge in [-0.3, -0.25) is 0 Å². The van der Waals surface area contributed by atoms with Crippen LogP contribution in [0.15, 0.2) is 0 Å². The van der Waals surface area contributed by atoms with E-state index < -0.39 is 30.7 Å². The zero-order valence-corrected chi connectivity index (χ0v) is 6.12. The second-order valence-corrected chi connectivity index (χ2v) is 2.66. The van der Waals surface area contributed by atoms with Crippen molar-refractivity contribution < 1.29 is 30.0 Å². The quantitative estimate of drug-likeness (QED) is 0.335. The molecule has 0 amide bonds. The molecule has 0 aromatic heterocycles. The Labute approximate surface area is 68.0 Å². The molecule has 70 valence electrons. The summed E-state index contributed by atoms with van der Waals surface area (Å²) in [5, 5.41) is 35.9. The van der Waals surface area contributed by atoms with Gasteiger partial charge in [0.1, 0.15) is 18.3 Å². The second kappa shape index (κ2) is 3.08. The second-order valence-electron chi connectivity index (χ2n) is 2.66. The molecule has 1 aliphatic rings. The average molecular weight is 178 g/mol. The summed E-state index contributed by atoms with van der Waals surface area (Å²) in [5.41, 5.74) is 0. The maximum absolute atomic E-state index is 10.2. The lowest BCUT2D eigenvalue weighted by molar-refractivity contribution is -0.242. The zero-order chi connectivity index (χ0) is 9.35. The molecule has 1 saturated heterocycles. The van der Waals surface area contributed by atoms with E-state index in [0.717, 1.165) is 0 Å². The Morgan fingerprint density at radius 2 is 2.08 bits per heavy atom. The van der Waals surface area contributed by atoms with Crippen molar-refractivity contribution in [1.29, 1.82) is 0 Å². The number of aliphatic hydroxyl groups is 4. The van der Waals surface area contributed by atoms with E-state index in [2.05, 4.69) is 4.74 Å². The van der Waals surface area contributed by atoms with Crippen LogP contribution in [0.25, 0.3) is 0 Å². The average Bonchev–Trinajstić information content (AvgIpc) is 2.31. The van der Waals surface area contributed by atoms with Crippen LogP contribution in [-0.2, 0) is 9.53 Å². The summed E-state index contributed by atoms with van der Waals surface area (Å²) in [5.74, 6) is -2.23. The number of aldehydes is 1. The minimum atomic E-state index is -2.23. The van der Waals surface area contributed by atoms with Gasteiger partial charge in [0.05, 0.1) is 6.61 Å². The molecule has 0 aromatic carbocycles. The Morgan fingerprint density at radius 1 is 1.50 bits per heavy atom. The van der Waals surface area contributed by atoms with Crippen LogP contribution in [0.3, 0.4) is 0 Å². The van der Waals surface area contributed by atoms with E-state index in [1.54, 1.807) is 0 Å². The molecule has 1 rings (SSSR count). The molecule has 0 bridgehead atoms. The summed E-state index contributed by atoms with van der Waals surface area (Å²) in [6, 6.07) is 0. The summed E-state index contributed by atoms with van der Waals surface area (Å²) >= 11 is 0. The number of hydrogen-bond acceptors (Lipinski definition) is 6. The number of rotatable bonds is 2. The van der Waals surface area contributed by atoms with Crippen LogP contribution in [0, 0.1) is 0 Å². The van der Waals surface area contributed by atoms with Gasteiger partial charge in [0.15, 0.2) is 6.29 Å². The molecule has 0 spiro atoms. The van der Waals surface area contributed by atoms with Gasteiger partial charge >= 0.3 is 0 Å². The van der Waals surface area contributed by atoms with E-state index in [0.29, 0.717) is 0 Å². The van der Waals surface area contributed by atoms with Crippen molar-refractivity contribution in [3.8, 4) is 0 Å². The lowest BCUT2D eigenvalue weighted by Crippen LogP contribution is -2.46. The minimum Gasteiger partial charge on any atom is -0.391 e. The van der Waals surface area contributed by atoms with E-state index >= 15 is 0 Å². The fourth-order valence-electron chi connectivity index (χ4n) is 1.06.